The highest BCUT2D eigenvalue weighted by Crippen LogP contribution is 2.17. The predicted molar refractivity (Wildman–Crippen MR) is 80.7 cm³/mol. The fourth-order valence-corrected chi connectivity index (χ4v) is 2.09. The van der Waals surface area contributed by atoms with E-state index in [4.69, 9.17) is 11.1 Å². The Morgan fingerprint density at radius 3 is 2.58 bits per heavy atom. The third-order valence-electron chi connectivity index (χ3n) is 3.10. The van der Waals surface area contributed by atoms with E-state index in [1.54, 1.807) is 0 Å². The molecule has 0 bridgehead atoms. The Hall–Kier alpha value is -2.29. The molecule has 19 heavy (non-hydrogen) atoms. The van der Waals surface area contributed by atoms with Gasteiger partial charge in [-0.3, -0.25) is 5.41 Å². The standard InChI is InChI=1S/C16H19N3/c1-12-5-3-6-13(9-12)11-19(2)15-8-4-7-14(10-15)16(17)18/h3-10H,11H2,1-2H3,(H3,17,18). The van der Waals surface area contributed by atoms with Gasteiger partial charge in [0.1, 0.15) is 5.84 Å². The molecule has 3 nitrogen and oxygen atoms in total. The maximum Gasteiger partial charge on any atom is 0.122 e. The van der Waals surface area contributed by atoms with E-state index in [-0.39, 0.29) is 5.84 Å². The van der Waals surface area contributed by atoms with Crippen LogP contribution in [0.3, 0.4) is 0 Å². The smallest absolute Gasteiger partial charge is 0.122 e. The van der Waals surface area contributed by atoms with Gasteiger partial charge in [0.05, 0.1) is 0 Å². The first-order chi connectivity index (χ1) is 9.06. The molecule has 0 aliphatic carbocycles. The average Bonchev–Trinajstić information content (AvgIpc) is 2.39. The molecule has 0 radical (unpaired) electrons. The lowest BCUT2D eigenvalue weighted by Gasteiger charge is -2.20. The van der Waals surface area contributed by atoms with Crippen molar-refractivity contribution >= 4 is 11.5 Å². The number of benzene rings is 2. The molecule has 0 atom stereocenters. The van der Waals surface area contributed by atoms with E-state index < -0.39 is 0 Å². The zero-order valence-electron chi connectivity index (χ0n) is 11.4. The van der Waals surface area contributed by atoms with Gasteiger partial charge in [0.25, 0.3) is 0 Å². The minimum atomic E-state index is 0.103. The quantitative estimate of drug-likeness (QED) is 0.650. The zero-order valence-corrected chi connectivity index (χ0v) is 11.4. The van der Waals surface area contributed by atoms with Crippen LogP contribution in [-0.2, 0) is 6.54 Å². The molecule has 98 valence electrons. The van der Waals surface area contributed by atoms with Gasteiger partial charge in [0.2, 0.25) is 0 Å². The molecule has 3 heteroatoms. The van der Waals surface area contributed by atoms with Gasteiger partial charge >= 0.3 is 0 Å². The van der Waals surface area contributed by atoms with Gasteiger partial charge in [0.15, 0.2) is 0 Å². The van der Waals surface area contributed by atoms with Gasteiger partial charge in [-0.15, -0.1) is 0 Å². The van der Waals surface area contributed by atoms with Gasteiger partial charge in [-0.2, -0.15) is 0 Å². The normalized spacial score (nSPS) is 10.2. The molecule has 0 aliphatic rings. The minimum Gasteiger partial charge on any atom is -0.384 e. The second kappa shape index (κ2) is 5.57. The van der Waals surface area contributed by atoms with E-state index in [0.717, 1.165) is 17.8 Å². The number of anilines is 1. The summed E-state index contributed by atoms with van der Waals surface area (Å²) in [5.41, 5.74) is 9.88. The number of nitrogens with two attached hydrogens (primary N) is 1. The van der Waals surface area contributed by atoms with Gasteiger partial charge < -0.3 is 10.6 Å². The number of hydrogen-bond acceptors (Lipinski definition) is 2. The van der Waals surface area contributed by atoms with E-state index in [1.807, 2.05) is 31.3 Å². The van der Waals surface area contributed by atoms with E-state index in [2.05, 4.69) is 36.1 Å². The molecule has 0 spiro atoms. The third-order valence-corrected chi connectivity index (χ3v) is 3.10. The maximum atomic E-state index is 7.48. The van der Waals surface area contributed by atoms with Crippen LogP contribution in [0.5, 0.6) is 0 Å². The lowest BCUT2D eigenvalue weighted by atomic mass is 10.1. The Morgan fingerprint density at radius 1 is 1.16 bits per heavy atom. The van der Waals surface area contributed by atoms with Crippen molar-refractivity contribution < 1.29 is 0 Å². The van der Waals surface area contributed by atoms with Crippen LogP contribution in [0.1, 0.15) is 16.7 Å². The fraction of sp³-hybridized carbons (Fsp3) is 0.188. The van der Waals surface area contributed by atoms with E-state index in [1.165, 1.54) is 11.1 Å². The van der Waals surface area contributed by atoms with Crippen LogP contribution in [0.4, 0.5) is 5.69 Å². The Morgan fingerprint density at radius 2 is 1.89 bits per heavy atom. The molecule has 0 amide bonds. The zero-order chi connectivity index (χ0) is 13.8. The number of aryl methyl sites for hydroxylation is 1. The van der Waals surface area contributed by atoms with Crippen LogP contribution in [0.25, 0.3) is 0 Å². The van der Waals surface area contributed by atoms with Gasteiger partial charge in [-0.25, -0.2) is 0 Å². The summed E-state index contributed by atoms with van der Waals surface area (Å²) in [5, 5.41) is 7.48. The van der Waals surface area contributed by atoms with Crippen molar-refractivity contribution in [3.05, 3.63) is 65.2 Å². The summed E-state index contributed by atoms with van der Waals surface area (Å²) in [7, 11) is 2.04. The third kappa shape index (κ3) is 3.35. The Balaban J connectivity index is 2.18. The van der Waals surface area contributed by atoms with Gasteiger partial charge in [-0.05, 0) is 24.6 Å². The number of rotatable bonds is 4. The van der Waals surface area contributed by atoms with Crippen LogP contribution in [0, 0.1) is 12.3 Å². The molecule has 0 aromatic heterocycles. The lowest BCUT2D eigenvalue weighted by Crippen LogP contribution is -2.18. The Bertz CT molecular complexity index is 590. The van der Waals surface area contributed by atoms with Crippen molar-refractivity contribution in [2.75, 3.05) is 11.9 Å². The molecule has 0 aliphatic heterocycles. The molecule has 0 saturated heterocycles. The molecular formula is C16H19N3. The van der Waals surface area contributed by atoms with Crippen LogP contribution >= 0.6 is 0 Å². The number of nitrogen functional groups attached to an aromatic ring is 1. The maximum absolute atomic E-state index is 7.48. The molecule has 0 fully saturated rings. The molecule has 0 saturated carbocycles. The van der Waals surface area contributed by atoms with Crippen LogP contribution in [0.15, 0.2) is 48.5 Å². The topological polar surface area (TPSA) is 53.1 Å². The predicted octanol–water partition coefficient (Wildman–Crippen LogP) is 2.92. The van der Waals surface area contributed by atoms with E-state index >= 15 is 0 Å². The summed E-state index contributed by atoms with van der Waals surface area (Å²) in [6.07, 6.45) is 0. The summed E-state index contributed by atoms with van der Waals surface area (Å²) in [6.45, 7) is 2.93. The largest absolute Gasteiger partial charge is 0.384 e. The van der Waals surface area contributed by atoms with Crippen molar-refractivity contribution in [3.8, 4) is 0 Å². The molecule has 2 aromatic rings. The minimum absolute atomic E-state index is 0.103. The van der Waals surface area contributed by atoms with Gasteiger partial charge in [-0.1, -0.05) is 42.0 Å². The van der Waals surface area contributed by atoms with Crippen molar-refractivity contribution in [2.45, 2.75) is 13.5 Å². The second-order valence-corrected chi connectivity index (χ2v) is 4.81. The molecule has 0 heterocycles. The summed E-state index contributed by atoms with van der Waals surface area (Å²) in [4.78, 5) is 2.15. The SMILES string of the molecule is Cc1cccc(CN(C)c2cccc(C(=N)N)c2)c1. The summed E-state index contributed by atoms with van der Waals surface area (Å²) >= 11 is 0. The molecule has 3 N–H and O–H groups in total. The van der Waals surface area contributed by atoms with E-state index in [9.17, 15) is 0 Å². The Labute approximate surface area is 114 Å². The average molecular weight is 253 g/mol. The monoisotopic (exact) mass is 253 g/mol. The second-order valence-electron chi connectivity index (χ2n) is 4.81. The van der Waals surface area contributed by atoms with Crippen molar-refractivity contribution in [2.24, 2.45) is 5.73 Å². The first-order valence-corrected chi connectivity index (χ1v) is 6.27. The van der Waals surface area contributed by atoms with Gasteiger partial charge in [0, 0.05) is 24.8 Å². The first kappa shape index (κ1) is 13.1. The lowest BCUT2D eigenvalue weighted by molar-refractivity contribution is 0.921. The van der Waals surface area contributed by atoms with Crippen LogP contribution < -0.4 is 10.6 Å². The summed E-state index contributed by atoms with van der Waals surface area (Å²) in [6, 6.07) is 16.2. The van der Waals surface area contributed by atoms with E-state index in [0.29, 0.717) is 0 Å². The summed E-state index contributed by atoms with van der Waals surface area (Å²) in [5.74, 6) is 0.103. The molecule has 2 rings (SSSR count). The molecule has 0 unspecified atom stereocenters. The van der Waals surface area contributed by atoms with Crippen LogP contribution in [0.2, 0.25) is 0 Å². The molecule has 2 aromatic carbocycles. The number of hydrogen-bond donors (Lipinski definition) is 2. The summed E-state index contributed by atoms with van der Waals surface area (Å²) < 4.78 is 0. The highest BCUT2D eigenvalue weighted by Gasteiger charge is 2.04. The first-order valence-electron chi connectivity index (χ1n) is 6.27. The number of nitrogens with zero attached hydrogens (tertiary/aromatic N) is 1. The number of amidine groups is 1. The van der Waals surface area contributed by atoms with Crippen LogP contribution in [-0.4, -0.2) is 12.9 Å². The highest BCUT2D eigenvalue weighted by molar-refractivity contribution is 5.95. The van der Waals surface area contributed by atoms with Crippen molar-refractivity contribution in [3.63, 3.8) is 0 Å². The number of nitrogens with one attached hydrogen (secondary N) is 1. The van der Waals surface area contributed by atoms with Crippen molar-refractivity contribution in [1.82, 2.24) is 0 Å². The Kier molecular flexibility index (Phi) is 3.85. The highest BCUT2D eigenvalue weighted by atomic mass is 15.1. The van der Waals surface area contributed by atoms with Crippen molar-refractivity contribution in [1.29, 1.82) is 5.41 Å². The fourth-order valence-electron chi connectivity index (χ4n) is 2.09. The molecular weight excluding hydrogens is 234 g/mol.